The van der Waals surface area contributed by atoms with Crippen LogP contribution >= 0.6 is 0 Å². The SMILES string of the molecule is [N-]=[N+]=NC(C1C(C2OC2(O)O)C12CCCCC2)[C@H]1CCC(=O)O1. The third-order valence-corrected chi connectivity index (χ3v) is 6.18. The smallest absolute Gasteiger partial charge is 0.306 e. The Kier molecular flexibility index (Phi) is 3.36. The molecule has 2 heterocycles. The van der Waals surface area contributed by atoms with Gasteiger partial charge < -0.3 is 19.7 Å². The lowest BCUT2D eigenvalue weighted by molar-refractivity contribution is -0.150. The molecule has 4 fully saturated rings. The van der Waals surface area contributed by atoms with Crippen molar-refractivity contribution in [3.05, 3.63) is 10.4 Å². The van der Waals surface area contributed by atoms with Gasteiger partial charge in [0.25, 0.3) is 0 Å². The Morgan fingerprint density at radius 1 is 1.30 bits per heavy atom. The first-order valence-electron chi connectivity index (χ1n) is 8.36. The van der Waals surface area contributed by atoms with Crippen LogP contribution in [0.2, 0.25) is 0 Å². The summed E-state index contributed by atoms with van der Waals surface area (Å²) in [6.45, 7) is 0. The summed E-state index contributed by atoms with van der Waals surface area (Å²) in [7, 11) is 0. The average Bonchev–Trinajstić information content (AvgIpc) is 3.24. The highest BCUT2D eigenvalue weighted by molar-refractivity contribution is 5.71. The van der Waals surface area contributed by atoms with Gasteiger partial charge in [-0.05, 0) is 36.1 Å². The fourth-order valence-corrected chi connectivity index (χ4v) is 5.16. The van der Waals surface area contributed by atoms with Crippen LogP contribution in [0.5, 0.6) is 0 Å². The second-order valence-electron chi connectivity index (χ2n) is 7.30. The summed E-state index contributed by atoms with van der Waals surface area (Å²) in [5.74, 6) is -2.38. The van der Waals surface area contributed by atoms with Gasteiger partial charge in [0.15, 0.2) is 0 Å². The van der Waals surface area contributed by atoms with E-state index in [1.807, 2.05) is 0 Å². The van der Waals surface area contributed by atoms with Crippen LogP contribution < -0.4 is 0 Å². The van der Waals surface area contributed by atoms with Gasteiger partial charge in [0, 0.05) is 17.3 Å². The Balaban J connectivity index is 1.61. The molecule has 0 radical (unpaired) electrons. The van der Waals surface area contributed by atoms with E-state index in [9.17, 15) is 15.0 Å². The molecule has 0 aromatic carbocycles. The highest BCUT2D eigenvalue weighted by atomic mass is 16.9. The van der Waals surface area contributed by atoms with E-state index in [4.69, 9.17) is 15.0 Å². The molecule has 23 heavy (non-hydrogen) atoms. The quantitative estimate of drug-likeness (QED) is 0.203. The van der Waals surface area contributed by atoms with Gasteiger partial charge in [-0.15, -0.1) is 0 Å². The number of ether oxygens (including phenoxy) is 2. The Morgan fingerprint density at radius 2 is 2.00 bits per heavy atom. The Labute approximate surface area is 133 Å². The molecule has 4 aliphatic rings. The lowest BCUT2D eigenvalue weighted by Crippen LogP contribution is -2.29. The van der Waals surface area contributed by atoms with E-state index in [-0.39, 0.29) is 23.2 Å². The van der Waals surface area contributed by atoms with Gasteiger partial charge in [0.1, 0.15) is 12.2 Å². The zero-order valence-corrected chi connectivity index (χ0v) is 12.8. The highest BCUT2D eigenvalue weighted by Crippen LogP contribution is 2.73. The van der Waals surface area contributed by atoms with E-state index >= 15 is 0 Å². The lowest BCUT2D eigenvalue weighted by Gasteiger charge is -2.26. The van der Waals surface area contributed by atoms with Crippen LogP contribution in [0.15, 0.2) is 5.11 Å². The zero-order chi connectivity index (χ0) is 16.2. The Bertz CT molecular complexity index is 567. The first-order valence-corrected chi connectivity index (χ1v) is 8.36. The molecule has 2 saturated carbocycles. The molecule has 8 nitrogen and oxygen atoms in total. The fourth-order valence-electron chi connectivity index (χ4n) is 5.16. The van der Waals surface area contributed by atoms with Crippen LogP contribution in [0.4, 0.5) is 0 Å². The molecule has 4 unspecified atom stereocenters. The second-order valence-corrected chi connectivity index (χ2v) is 7.30. The highest BCUT2D eigenvalue weighted by Gasteiger charge is 2.78. The van der Waals surface area contributed by atoms with Crippen molar-refractivity contribution in [2.75, 3.05) is 0 Å². The normalized spacial score (nSPS) is 41.0. The summed E-state index contributed by atoms with van der Waals surface area (Å²) >= 11 is 0. The number of nitrogens with zero attached hydrogens (tertiary/aromatic N) is 3. The number of carbonyl (C=O) groups is 1. The molecule has 2 saturated heterocycles. The van der Waals surface area contributed by atoms with E-state index < -0.39 is 24.2 Å². The van der Waals surface area contributed by atoms with Crippen LogP contribution in [0, 0.1) is 17.3 Å². The molecule has 0 aromatic rings. The van der Waals surface area contributed by atoms with Crippen LogP contribution in [-0.4, -0.2) is 40.4 Å². The predicted octanol–water partition coefficient (Wildman–Crippen LogP) is 1.60. The molecule has 2 aliphatic carbocycles. The summed E-state index contributed by atoms with van der Waals surface area (Å²) in [5, 5.41) is 23.3. The maximum atomic E-state index is 11.4. The Hall–Kier alpha value is -1.34. The molecule has 0 aromatic heterocycles. The van der Waals surface area contributed by atoms with Crippen LogP contribution in [0.25, 0.3) is 10.4 Å². The molecule has 4 rings (SSSR count). The lowest BCUT2D eigenvalue weighted by atomic mass is 9.81. The summed E-state index contributed by atoms with van der Waals surface area (Å²) in [6.07, 6.45) is 5.13. The standard InChI is InChI=1S/C15H21N3O5/c16-18-17-12(8-4-5-9(19)22-8)10-11(13-15(20,21)23-13)14(10)6-2-1-3-7-14/h8,10-13,20-21H,1-7H2/t8-,10?,11?,12?,13?/m1/s1. The first kappa shape index (κ1) is 15.2. The topological polar surface area (TPSA) is 128 Å². The molecule has 5 atom stereocenters. The maximum Gasteiger partial charge on any atom is 0.306 e. The molecular weight excluding hydrogens is 302 g/mol. The number of esters is 1. The van der Waals surface area contributed by atoms with Gasteiger partial charge in [-0.3, -0.25) is 4.79 Å². The van der Waals surface area contributed by atoms with Gasteiger partial charge in [-0.1, -0.05) is 24.4 Å². The van der Waals surface area contributed by atoms with E-state index in [0.29, 0.717) is 12.8 Å². The number of hydrogen-bond acceptors (Lipinski definition) is 6. The minimum atomic E-state index is -2.06. The molecule has 1 spiro atoms. The van der Waals surface area contributed by atoms with E-state index in [1.54, 1.807) is 0 Å². The summed E-state index contributed by atoms with van der Waals surface area (Å²) in [6, 6.07) is -0.449. The number of epoxide rings is 1. The average molecular weight is 323 g/mol. The van der Waals surface area contributed by atoms with Crippen molar-refractivity contribution in [2.45, 2.75) is 69.2 Å². The third kappa shape index (κ3) is 2.32. The summed E-state index contributed by atoms with van der Waals surface area (Å²) in [5.41, 5.74) is 8.88. The molecule has 2 N–H and O–H groups in total. The van der Waals surface area contributed by atoms with E-state index in [2.05, 4.69) is 10.0 Å². The number of aliphatic hydroxyl groups is 2. The van der Waals surface area contributed by atoms with E-state index in [0.717, 1.165) is 25.7 Å². The molecule has 0 bridgehead atoms. The summed E-state index contributed by atoms with van der Waals surface area (Å²) in [4.78, 5) is 14.4. The molecule has 8 heteroatoms. The predicted molar refractivity (Wildman–Crippen MR) is 76.6 cm³/mol. The van der Waals surface area contributed by atoms with Crippen molar-refractivity contribution in [2.24, 2.45) is 22.4 Å². The number of rotatable bonds is 4. The number of hydrogen-bond donors (Lipinski definition) is 2. The second kappa shape index (κ2) is 5.08. The van der Waals surface area contributed by atoms with Crippen molar-refractivity contribution in [3.8, 4) is 0 Å². The monoisotopic (exact) mass is 323 g/mol. The minimum absolute atomic E-state index is 0.0132. The minimum Gasteiger partial charge on any atom is -0.462 e. The van der Waals surface area contributed by atoms with E-state index in [1.165, 1.54) is 6.42 Å². The fraction of sp³-hybridized carbons (Fsp3) is 0.933. The van der Waals surface area contributed by atoms with Crippen molar-refractivity contribution in [1.29, 1.82) is 0 Å². The first-order chi connectivity index (χ1) is 11.0. The molecule has 126 valence electrons. The van der Waals surface area contributed by atoms with Crippen molar-refractivity contribution in [1.82, 2.24) is 0 Å². The Morgan fingerprint density at radius 3 is 2.52 bits per heavy atom. The van der Waals surface area contributed by atoms with Gasteiger partial charge in [-0.25, -0.2) is 0 Å². The third-order valence-electron chi connectivity index (χ3n) is 6.18. The van der Waals surface area contributed by atoms with Gasteiger partial charge in [-0.2, -0.15) is 0 Å². The van der Waals surface area contributed by atoms with Crippen molar-refractivity contribution >= 4 is 5.97 Å². The number of cyclic esters (lactones) is 1. The number of carbonyl (C=O) groups excluding carboxylic acids is 1. The number of azide groups is 1. The van der Waals surface area contributed by atoms with Crippen molar-refractivity contribution in [3.63, 3.8) is 0 Å². The van der Waals surface area contributed by atoms with Crippen LogP contribution in [0.3, 0.4) is 0 Å². The van der Waals surface area contributed by atoms with Crippen LogP contribution in [-0.2, 0) is 14.3 Å². The largest absolute Gasteiger partial charge is 0.462 e. The summed E-state index contributed by atoms with van der Waals surface area (Å²) < 4.78 is 10.4. The van der Waals surface area contributed by atoms with Gasteiger partial charge in [0.05, 0.1) is 6.04 Å². The zero-order valence-electron chi connectivity index (χ0n) is 12.8. The van der Waals surface area contributed by atoms with Crippen LogP contribution in [0.1, 0.15) is 44.9 Å². The maximum absolute atomic E-state index is 11.4. The van der Waals surface area contributed by atoms with Gasteiger partial charge >= 0.3 is 11.9 Å². The van der Waals surface area contributed by atoms with Crippen molar-refractivity contribution < 1.29 is 24.5 Å². The van der Waals surface area contributed by atoms with Gasteiger partial charge in [0.2, 0.25) is 0 Å². The molecule has 0 amide bonds. The molecule has 2 aliphatic heterocycles. The molecular formula is C15H21N3O5.